The van der Waals surface area contributed by atoms with Gasteiger partial charge in [-0.05, 0) is 88.0 Å². The summed E-state index contributed by atoms with van der Waals surface area (Å²) in [6.07, 6.45) is 0. The summed E-state index contributed by atoms with van der Waals surface area (Å²) in [5, 5.41) is 12.2. The molecule has 5 rings (SSSR count). The molecule has 0 saturated carbocycles. The van der Waals surface area contributed by atoms with Crippen LogP contribution in [0.3, 0.4) is 0 Å². The van der Waals surface area contributed by atoms with E-state index in [9.17, 15) is 5.26 Å². The largest absolute Gasteiger partial charge is 0.309 e. The SMILES string of the molecule is Cc1ccc(-c2ccc(-n3c4ccc(C(C)(C)C)cc4c4cc(C(C)(C)C)ccc43)cc2)c(C#N)c1. The number of nitrogens with zero attached hydrogens (tertiary/aromatic N) is 2. The van der Waals surface area contributed by atoms with Gasteiger partial charge in [0.2, 0.25) is 0 Å². The third-order valence-electron chi connectivity index (χ3n) is 7.23. The molecule has 5 aromatic rings. The van der Waals surface area contributed by atoms with Crippen molar-refractivity contribution >= 4 is 21.8 Å². The molecule has 36 heavy (non-hydrogen) atoms. The van der Waals surface area contributed by atoms with E-state index < -0.39 is 0 Å². The van der Waals surface area contributed by atoms with Gasteiger partial charge in [0.05, 0.1) is 22.7 Å². The Bertz CT molecular complexity index is 1570. The minimum absolute atomic E-state index is 0.0817. The summed E-state index contributed by atoms with van der Waals surface area (Å²) < 4.78 is 2.37. The van der Waals surface area contributed by atoms with E-state index in [1.165, 1.54) is 32.9 Å². The summed E-state index contributed by atoms with van der Waals surface area (Å²) in [4.78, 5) is 0. The van der Waals surface area contributed by atoms with Gasteiger partial charge in [-0.3, -0.25) is 0 Å². The van der Waals surface area contributed by atoms with Crippen molar-refractivity contribution in [2.45, 2.75) is 59.3 Å². The first kappa shape index (κ1) is 23.9. The summed E-state index contributed by atoms with van der Waals surface area (Å²) in [7, 11) is 0. The highest BCUT2D eigenvalue weighted by Gasteiger charge is 2.20. The topological polar surface area (TPSA) is 28.7 Å². The molecule has 0 aliphatic rings. The van der Waals surface area contributed by atoms with Crippen molar-refractivity contribution in [1.29, 1.82) is 5.26 Å². The van der Waals surface area contributed by atoms with E-state index in [0.29, 0.717) is 5.56 Å². The quantitative estimate of drug-likeness (QED) is 0.253. The first-order valence-corrected chi connectivity index (χ1v) is 12.7. The number of aryl methyl sites for hydroxylation is 1. The molecule has 2 nitrogen and oxygen atoms in total. The summed E-state index contributed by atoms with van der Waals surface area (Å²) >= 11 is 0. The molecule has 2 heteroatoms. The predicted octanol–water partition coefficient (Wildman–Crippen LogP) is 9.23. The van der Waals surface area contributed by atoms with E-state index in [1.54, 1.807) is 0 Å². The third-order valence-corrected chi connectivity index (χ3v) is 7.23. The maximum Gasteiger partial charge on any atom is 0.0998 e. The van der Waals surface area contributed by atoms with Gasteiger partial charge in [0, 0.05) is 16.5 Å². The Hall–Kier alpha value is -3.83. The second-order valence-corrected chi connectivity index (χ2v) is 12.0. The first-order chi connectivity index (χ1) is 17.0. The van der Waals surface area contributed by atoms with Gasteiger partial charge in [0.15, 0.2) is 0 Å². The molecule has 0 bridgehead atoms. The molecule has 0 fully saturated rings. The molecule has 0 aliphatic heterocycles. The lowest BCUT2D eigenvalue weighted by Gasteiger charge is -2.19. The van der Waals surface area contributed by atoms with E-state index in [1.807, 2.05) is 19.1 Å². The molecule has 180 valence electrons. The average Bonchev–Trinajstić information content (AvgIpc) is 3.16. The Kier molecular flexibility index (Phi) is 5.56. The molecule has 0 radical (unpaired) electrons. The van der Waals surface area contributed by atoms with E-state index in [4.69, 9.17) is 0 Å². The third kappa shape index (κ3) is 4.10. The minimum atomic E-state index is 0.0817. The van der Waals surface area contributed by atoms with Gasteiger partial charge in [-0.25, -0.2) is 0 Å². The number of fused-ring (bicyclic) bond motifs is 3. The number of hydrogen-bond donors (Lipinski definition) is 0. The number of nitriles is 1. The van der Waals surface area contributed by atoms with Gasteiger partial charge in [0.1, 0.15) is 0 Å². The van der Waals surface area contributed by atoms with E-state index >= 15 is 0 Å². The Balaban J connectivity index is 1.73. The van der Waals surface area contributed by atoms with Crippen LogP contribution in [0.5, 0.6) is 0 Å². The predicted molar refractivity (Wildman–Crippen MR) is 153 cm³/mol. The van der Waals surface area contributed by atoms with Gasteiger partial charge in [-0.1, -0.05) is 77.9 Å². The van der Waals surface area contributed by atoms with Crippen LogP contribution < -0.4 is 0 Å². The van der Waals surface area contributed by atoms with Gasteiger partial charge in [-0.2, -0.15) is 5.26 Å². The molecule has 0 aliphatic carbocycles. The standard InChI is InChI=1S/C34H34N2/c1-22-8-15-28(24(18-22)21-35)23-9-13-27(14-10-23)36-31-16-11-25(33(2,3)4)19-29(31)30-20-26(34(5,6)7)12-17-32(30)36/h8-20H,1-7H3. The summed E-state index contributed by atoms with van der Waals surface area (Å²) in [5.41, 5.74) is 10.2. The lowest BCUT2D eigenvalue weighted by atomic mass is 9.85. The van der Waals surface area contributed by atoms with E-state index in [0.717, 1.165) is 22.4 Å². The lowest BCUT2D eigenvalue weighted by Crippen LogP contribution is -2.10. The van der Waals surface area contributed by atoms with E-state index in [2.05, 4.69) is 119 Å². The van der Waals surface area contributed by atoms with Crippen molar-refractivity contribution in [2.24, 2.45) is 0 Å². The number of benzene rings is 4. The van der Waals surface area contributed by atoms with Crippen LogP contribution in [-0.4, -0.2) is 4.57 Å². The van der Waals surface area contributed by atoms with Crippen LogP contribution in [0.25, 0.3) is 38.6 Å². The Labute approximate surface area is 214 Å². The molecular weight excluding hydrogens is 436 g/mol. The van der Waals surface area contributed by atoms with Gasteiger partial charge in [-0.15, -0.1) is 0 Å². The highest BCUT2D eigenvalue weighted by molar-refractivity contribution is 6.10. The maximum absolute atomic E-state index is 9.65. The normalized spacial score (nSPS) is 12.3. The molecule has 0 unspecified atom stereocenters. The van der Waals surface area contributed by atoms with Gasteiger partial charge >= 0.3 is 0 Å². The highest BCUT2D eigenvalue weighted by Crippen LogP contribution is 2.38. The molecule has 0 saturated heterocycles. The van der Waals surface area contributed by atoms with Crippen molar-refractivity contribution in [3.63, 3.8) is 0 Å². The van der Waals surface area contributed by atoms with Crippen molar-refractivity contribution in [3.05, 3.63) is 101 Å². The zero-order chi connectivity index (χ0) is 25.8. The Morgan fingerprint density at radius 2 is 1.17 bits per heavy atom. The van der Waals surface area contributed by atoms with Crippen molar-refractivity contribution in [2.75, 3.05) is 0 Å². The molecule has 0 N–H and O–H groups in total. The Morgan fingerprint density at radius 1 is 0.639 bits per heavy atom. The summed E-state index contributed by atoms with van der Waals surface area (Å²) in [6, 6.07) is 30.9. The van der Waals surface area contributed by atoms with E-state index in [-0.39, 0.29) is 10.8 Å². The average molecular weight is 471 g/mol. The van der Waals surface area contributed by atoms with Crippen LogP contribution >= 0.6 is 0 Å². The van der Waals surface area contributed by atoms with Crippen LogP contribution in [0.15, 0.2) is 78.9 Å². The van der Waals surface area contributed by atoms with Gasteiger partial charge < -0.3 is 4.57 Å². The first-order valence-electron chi connectivity index (χ1n) is 12.7. The van der Waals surface area contributed by atoms with Crippen molar-refractivity contribution in [3.8, 4) is 22.9 Å². The van der Waals surface area contributed by atoms with Gasteiger partial charge in [0.25, 0.3) is 0 Å². The molecule has 0 amide bonds. The zero-order valence-corrected chi connectivity index (χ0v) is 22.4. The molecule has 1 aromatic heterocycles. The molecule has 0 atom stereocenters. The summed E-state index contributed by atoms with van der Waals surface area (Å²) in [5.74, 6) is 0. The van der Waals surface area contributed by atoms with Crippen LogP contribution in [0.1, 0.15) is 63.8 Å². The second kappa shape index (κ2) is 8.38. The second-order valence-electron chi connectivity index (χ2n) is 12.0. The lowest BCUT2D eigenvalue weighted by molar-refractivity contribution is 0.590. The fourth-order valence-corrected chi connectivity index (χ4v) is 5.03. The zero-order valence-electron chi connectivity index (χ0n) is 22.4. The fourth-order valence-electron chi connectivity index (χ4n) is 5.03. The monoisotopic (exact) mass is 470 g/mol. The number of aromatic nitrogens is 1. The minimum Gasteiger partial charge on any atom is -0.309 e. The number of rotatable bonds is 2. The molecular formula is C34H34N2. The molecule has 4 aromatic carbocycles. The van der Waals surface area contributed by atoms with Crippen LogP contribution in [0, 0.1) is 18.3 Å². The Morgan fingerprint density at radius 3 is 1.64 bits per heavy atom. The fraction of sp³-hybridized carbons (Fsp3) is 0.265. The number of hydrogen-bond acceptors (Lipinski definition) is 1. The molecule has 0 spiro atoms. The van der Waals surface area contributed by atoms with Crippen molar-refractivity contribution in [1.82, 2.24) is 4.57 Å². The van der Waals surface area contributed by atoms with Crippen LogP contribution in [0.4, 0.5) is 0 Å². The highest BCUT2D eigenvalue weighted by atomic mass is 15.0. The maximum atomic E-state index is 9.65. The molecule has 1 heterocycles. The van der Waals surface area contributed by atoms with Crippen LogP contribution in [0.2, 0.25) is 0 Å². The van der Waals surface area contributed by atoms with Crippen molar-refractivity contribution < 1.29 is 0 Å². The summed E-state index contributed by atoms with van der Waals surface area (Å²) in [6.45, 7) is 15.6. The smallest absolute Gasteiger partial charge is 0.0998 e. The van der Waals surface area contributed by atoms with Crippen LogP contribution in [-0.2, 0) is 10.8 Å².